The average Bonchev–Trinajstić information content (AvgIpc) is 2.96. The van der Waals surface area contributed by atoms with Crippen LogP contribution in [0.1, 0.15) is 45.6 Å². The summed E-state index contributed by atoms with van der Waals surface area (Å²) in [6, 6.07) is 9.99. The van der Waals surface area contributed by atoms with Gasteiger partial charge in [-0.25, -0.2) is 4.79 Å². The molecule has 1 aliphatic rings. The van der Waals surface area contributed by atoms with Crippen molar-refractivity contribution in [2.24, 2.45) is 5.92 Å². The molecule has 1 fully saturated rings. The topological polar surface area (TPSA) is 61.9 Å². The Bertz CT molecular complexity index is 621. The molecule has 6 heteroatoms. The zero-order chi connectivity index (χ0) is 20.5. The number of rotatable bonds is 7. The number of benzene rings is 1. The molecule has 1 aliphatic heterocycles. The van der Waals surface area contributed by atoms with E-state index < -0.39 is 0 Å². The monoisotopic (exact) mass is 389 g/mol. The fraction of sp³-hybridized carbons (Fsp3) is 0.636. The molecule has 1 aromatic carbocycles. The van der Waals surface area contributed by atoms with Gasteiger partial charge in [-0.2, -0.15) is 0 Å². The maximum Gasteiger partial charge on any atom is 0.409 e. The third-order valence-electron chi connectivity index (χ3n) is 5.21. The molecule has 1 saturated heterocycles. The van der Waals surface area contributed by atoms with Crippen molar-refractivity contribution < 1.29 is 14.3 Å². The summed E-state index contributed by atoms with van der Waals surface area (Å²) in [4.78, 5) is 28.7. The second kappa shape index (κ2) is 11.1. The first-order valence-corrected chi connectivity index (χ1v) is 10.4. The van der Waals surface area contributed by atoms with Crippen LogP contribution in [0.5, 0.6) is 0 Å². The third-order valence-corrected chi connectivity index (χ3v) is 5.21. The average molecular weight is 390 g/mol. The number of nitrogens with one attached hydrogen (secondary N) is 1. The molecule has 0 radical (unpaired) electrons. The van der Waals surface area contributed by atoms with E-state index in [4.69, 9.17) is 4.74 Å². The molecule has 0 aliphatic carbocycles. The molecule has 1 aromatic rings. The molecule has 0 aromatic heterocycles. The van der Waals surface area contributed by atoms with Crippen molar-refractivity contribution in [3.63, 3.8) is 0 Å². The van der Waals surface area contributed by atoms with Crippen molar-refractivity contribution in [3.05, 3.63) is 35.9 Å². The Morgan fingerprint density at radius 1 is 1.04 bits per heavy atom. The van der Waals surface area contributed by atoms with Crippen molar-refractivity contribution in [1.29, 1.82) is 0 Å². The molecule has 0 bridgehead atoms. The second-order valence-corrected chi connectivity index (χ2v) is 8.08. The van der Waals surface area contributed by atoms with Gasteiger partial charge in [0.15, 0.2) is 0 Å². The Balaban J connectivity index is 1.79. The SMILES string of the molecule is CC(C)COC(=O)N1CCCN(C(C)C(=O)NCC(C)c2ccccc2)CC1. The Kier molecular flexibility index (Phi) is 8.77. The first-order valence-electron chi connectivity index (χ1n) is 10.4. The minimum atomic E-state index is -0.246. The van der Waals surface area contributed by atoms with Crippen molar-refractivity contribution in [2.75, 3.05) is 39.3 Å². The van der Waals surface area contributed by atoms with Crippen LogP contribution in [-0.2, 0) is 9.53 Å². The summed E-state index contributed by atoms with van der Waals surface area (Å²) in [6.07, 6.45) is 0.596. The zero-order valence-corrected chi connectivity index (χ0v) is 17.7. The Labute approximate surface area is 169 Å². The first kappa shape index (κ1) is 22.2. The largest absolute Gasteiger partial charge is 0.449 e. The molecular weight excluding hydrogens is 354 g/mol. The van der Waals surface area contributed by atoms with E-state index in [1.54, 1.807) is 4.90 Å². The lowest BCUT2D eigenvalue weighted by molar-refractivity contribution is -0.125. The molecule has 2 atom stereocenters. The summed E-state index contributed by atoms with van der Waals surface area (Å²) in [7, 11) is 0. The summed E-state index contributed by atoms with van der Waals surface area (Å²) in [5, 5.41) is 3.08. The van der Waals surface area contributed by atoms with E-state index in [2.05, 4.69) is 29.3 Å². The smallest absolute Gasteiger partial charge is 0.409 e. The molecule has 0 saturated carbocycles. The molecule has 1 N–H and O–H groups in total. The molecule has 1 heterocycles. The number of hydrogen-bond acceptors (Lipinski definition) is 4. The minimum Gasteiger partial charge on any atom is -0.449 e. The highest BCUT2D eigenvalue weighted by Crippen LogP contribution is 2.14. The third kappa shape index (κ3) is 6.82. The molecule has 156 valence electrons. The van der Waals surface area contributed by atoms with Crippen molar-refractivity contribution in [2.45, 2.75) is 46.1 Å². The number of carbonyl (C=O) groups is 2. The predicted molar refractivity (Wildman–Crippen MR) is 111 cm³/mol. The van der Waals surface area contributed by atoms with Crippen LogP contribution in [0.2, 0.25) is 0 Å². The second-order valence-electron chi connectivity index (χ2n) is 8.08. The number of carbonyl (C=O) groups excluding carboxylic acids is 2. The maximum absolute atomic E-state index is 12.6. The summed E-state index contributed by atoms with van der Waals surface area (Å²) < 4.78 is 5.34. The van der Waals surface area contributed by atoms with Crippen molar-refractivity contribution >= 4 is 12.0 Å². The highest BCUT2D eigenvalue weighted by Gasteiger charge is 2.26. The molecular formula is C22H35N3O3. The number of nitrogens with zero attached hydrogens (tertiary/aromatic N) is 2. The van der Waals surface area contributed by atoms with Gasteiger partial charge < -0.3 is 15.0 Å². The van der Waals surface area contributed by atoms with Crippen LogP contribution in [0, 0.1) is 5.92 Å². The standard InChI is InChI=1S/C22H35N3O3/c1-17(2)16-28-22(27)25-12-8-11-24(13-14-25)19(4)21(26)23-15-18(3)20-9-6-5-7-10-20/h5-7,9-10,17-19H,8,11-16H2,1-4H3,(H,23,26). The van der Waals surface area contributed by atoms with Gasteiger partial charge in [0.2, 0.25) is 5.91 Å². The van der Waals surface area contributed by atoms with Crippen LogP contribution in [0.15, 0.2) is 30.3 Å². The van der Waals surface area contributed by atoms with Crippen LogP contribution in [0.3, 0.4) is 0 Å². The molecule has 2 unspecified atom stereocenters. The normalized spacial score (nSPS) is 17.7. The summed E-state index contributed by atoms with van der Waals surface area (Å²) in [5.74, 6) is 0.640. The lowest BCUT2D eigenvalue weighted by Gasteiger charge is -2.27. The van der Waals surface area contributed by atoms with E-state index in [9.17, 15) is 9.59 Å². The van der Waals surface area contributed by atoms with Gasteiger partial charge in [-0.3, -0.25) is 9.69 Å². The fourth-order valence-corrected chi connectivity index (χ4v) is 3.30. The van der Waals surface area contributed by atoms with E-state index in [1.165, 1.54) is 5.56 Å². The van der Waals surface area contributed by atoms with Gasteiger partial charge in [-0.15, -0.1) is 0 Å². The number of hydrogen-bond donors (Lipinski definition) is 1. The summed E-state index contributed by atoms with van der Waals surface area (Å²) in [5.41, 5.74) is 1.22. The van der Waals surface area contributed by atoms with E-state index in [0.29, 0.717) is 38.7 Å². The molecule has 0 spiro atoms. The van der Waals surface area contributed by atoms with Gasteiger partial charge in [0.25, 0.3) is 0 Å². The van der Waals surface area contributed by atoms with Crippen LogP contribution >= 0.6 is 0 Å². The van der Waals surface area contributed by atoms with E-state index in [1.807, 2.05) is 39.0 Å². The molecule has 28 heavy (non-hydrogen) atoms. The molecule has 6 nitrogen and oxygen atoms in total. The van der Waals surface area contributed by atoms with Crippen LogP contribution < -0.4 is 5.32 Å². The highest BCUT2D eigenvalue weighted by atomic mass is 16.6. The van der Waals surface area contributed by atoms with Crippen LogP contribution in [0.4, 0.5) is 4.79 Å². The predicted octanol–water partition coefficient (Wildman–Crippen LogP) is 3.10. The van der Waals surface area contributed by atoms with E-state index in [0.717, 1.165) is 13.0 Å². The van der Waals surface area contributed by atoms with Gasteiger partial charge in [-0.1, -0.05) is 51.1 Å². The van der Waals surface area contributed by atoms with E-state index >= 15 is 0 Å². The maximum atomic E-state index is 12.6. The van der Waals surface area contributed by atoms with Gasteiger partial charge in [0.1, 0.15) is 0 Å². The quantitative estimate of drug-likeness (QED) is 0.778. The Morgan fingerprint density at radius 3 is 2.43 bits per heavy atom. The van der Waals surface area contributed by atoms with Crippen LogP contribution in [0.25, 0.3) is 0 Å². The van der Waals surface area contributed by atoms with Crippen molar-refractivity contribution in [1.82, 2.24) is 15.1 Å². The summed E-state index contributed by atoms with van der Waals surface area (Å²) in [6.45, 7) is 11.9. The minimum absolute atomic E-state index is 0.0404. The lowest BCUT2D eigenvalue weighted by atomic mass is 10.0. The Hall–Kier alpha value is -2.08. The molecule has 2 amide bonds. The van der Waals surface area contributed by atoms with E-state index in [-0.39, 0.29) is 24.0 Å². The van der Waals surface area contributed by atoms with Crippen molar-refractivity contribution in [3.8, 4) is 0 Å². The first-order chi connectivity index (χ1) is 13.4. The Morgan fingerprint density at radius 2 is 1.75 bits per heavy atom. The van der Waals surface area contributed by atoms with Gasteiger partial charge in [0.05, 0.1) is 12.6 Å². The number of amides is 2. The zero-order valence-electron chi connectivity index (χ0n) is 17.7. The highest BCUT2D eigenvalue weighted by molar-refractivity contribution is 5.81. The van der Waals surface area contributed by atoms with Gasteiger partial charge >= 0.3 is 6.09 Å². The lowest BCUT2D eigenvalue weighted by Crippen LogP contribution is -2.47. The van der Waals surface area contributed by atoms with Gasteiger partial charge in [0, 0.05) is 32.7 Å². The fourth-order valence-electron chi connectivity index (χ4n) is 3.30. The molecule has 2 rings (SSSR count). The summed E-state index contributed by atoms with van der Waals surface area (Å²) >= 11 is 0. The van der Waals surface area contributed by atoms with Gasteiger partial charge in [-0.05, 0) is 30.7 Å². The van der Waals surface area contributed by atoms with Crippen LogP contribution in [-0.4, -0.2) is 67.2 Å². The number of ether oxygens (including phenoxy) is 1.